The van der Waals surface area contributed by atoms with Crippen LogP contribution in [0.2, 0.25) is 5.02 Å². The molecule has 1 aliphatic rings. The smallest absolute Gasteiger partial charge is 0.414 e. The first-order chi connectivity index (χ1) is 15.7. The number of benzene rings is 1. The summed E-state index contributed by atoms with van der Waals surface area (Å²) in [5, 5.41) is 21.5. The first-order valence-corrected chi connectivity index (χ1v) is 10.4. The summed E-state index contributed by atoms with van der Waals surface area (Å²) in [5.74, 6) is -0.267. The van der Waals surface area contributed by atoms with E-state index >= 15 is 0 Å². The molecular formula is C21H21ClN6O5. The molecule has 0 aliphatic heterocycles. The van der Waals surface area contributed by atoms with Gasteiger partial charge in [-0.1, -0.05) is 18.5 Å². The van der Waals surface area contributed by atoms with Gasteiger partial charge in [-0.05, 0) is 50.3 Å². The van der Waals surface area contributed by atoms with Gasteiger partial charge in [0.15, 0.2) is 5.75 Å². The standard InChI is InChI=1S/C21H21ClN6O5/c1-4-32-21(31)24-18(29)15(9-23)26-25-12-7-11(3)17(14(22)8-12)33-20-13-6-5-10(2)16(13)19(30)27-28-20/h7-8,10,25H,4-6H2,1-3H3,(H,27,30)(H,24,29,31)/b26-15+/t10-/m1/s1. The number of nitrogens with zero attached hydrogens (tertiary/aromatic N) is 3. The molecule has 1 aromatic heterocycles. The number of carbonyl (C=O) groups excluding carboxylic acids is 2. The zero-order chi connectivity index (χ0) is 24.1. The number of aromatic nitrogens is 2. The number of fused-ring (bicyclic) bond motifs is 1. The number of amides is 2. The largest absolute Gasteiger partial charge is 0.450 e. The number of hydrogen-bond acceptors (Lipinski definition) is 9. The predicted octanol–water partition coefficient (Wildman–Crippen LogP) is 3.14. The fourth-order valence-corrected chi connectivity index (χ4v) is 3.73. The van der Waals surface area contributed by atoms with Gasteiger partial charge >= 0.3 is 6.09 Å². The van der Waals surface area contributed by atoms with Crippen LogP contribution < -0.4 is 21.0 Å². The normalized spacial score (nSPS) is 14.8. The van der Waals surface area contributed by atoms with Crippen molar-refractivity contribution in [1.82, 2.24) is 15.5 Å². The number of ether oxygens (including phenoxy) is 2. The van der Waals surface area contributed by atoms with E-state index in [2.05, 4.69) is 25.5 Å². The fourth-order valence-electron chi connectivity index (χ4n) is 3.42. The highest BCUT2D eigenvalue weighted by Gasteiger charge is 2.27. The number of nitrogens with one attached hydrogen (secondary N) is 3. The van der Waals surface area contributed by atoms with Crippen LogP contribution in [0.1, 0.15) is 42.9 Å². The zero-order valence-electron chi connectivity index (χ0n) is 18.1. The highest BCUT2D eigenvalue weighted by molar-refractivity contribution is 6.46. The summed E-state index contributed by atoms with van der Waals surface area (Å²) >= 11 is 6.39. The predicted molar refractivity (Wildman–Crippen MR) is 120 cm³/mol. The second-order valence-corrected chi connectivity index (χ2v) is 7.66. The lowest BCUT2D eigenvalue weighted by molar-refractivity contribution is -0.114. The topological polar surface area (TPSA) is 159 Å². The number of alkyl carbamates (subject to hydrolysis) is 1. The van der Waals surface area contributed by atoms with E-state index in [1.807, 2.05) is 12.2 Å². The molecule has 0 bridgehead atoms. The molecule has 0 radical (unpaired) electrons. The van der Waals surface area contributed by atoms with Gasteiger partial charge < -0.3 is 9.47 Å². The Bertz CT molecular complexity index is 1210. The Hall–Kier alpha value is -3.91. The second-order valence-electron chi connectivity index (χ2n) is 7.25. The van der Waals surface area contributed by atoms with Crippen molar-refractivity contribution in [3.05, 3.63) is 44.2 Å². The Morgan fingerprint density at radius 3 is 2.85 bits per heavy atom. The van der Waals surface area contributed by atoms with Gasteiger partial charge in [0.2, 0.25) is 11.6 Å². The van der Waals surface area contributed by atoms with Crippen LogP contribution >= 0.6 is 11.6 Å². The number of anilines is 1. The van der Waals surface area contributed by atoms with Crippen molar-refractivity contribution in [2.45, 2.75) is 39.5 Å². The van der Waals surface area contributed by atoms with Gasteiger partial charge in [-0.25, -0.2) is 9.89 Å². The molecule has 1 aliphatic carbocycles. The lowest BCUT2D eigenvalue weighted by Gasteiger charge is -2.14. The number of hydrazone groups is 1. The van der Waals surface area contributed by atoms with Gasteiger partial charge in [0.1, 0.15) is 6.07 Å². The maximum atomic E-state index is 12.1. The number of carbonyl (C=O) groups is 2. The summed E-state index contributed by atoms with van der Waals surface area (Å²) in [6, 6.07) is 4.72. The van der Waals surface area contributed by atoms with Crippen molar-refractivity contribution in [2.24, 2.45) is 5.10 Å². The van der Waals surface area contributed by atoms with Gasteiger partial charge in [-0.15, -0.1) is 5.10 Å². The van der Waals surface area contributed by atoms with Crippen LogP contribution in [0.3, 0.4) is 0 Å². The maximum absolute atomic E-state index is 12.1. The van der Waals surface area contributed by atoms with E-state index in [0.29, 0.717) is 34.9 Å². The second kappa shape index (κ2) is 10.1. The minimum Gasteiger partial charge on any atom is -0.450 e. The summed E-state index contributed by atoms with van der Waals surface area (Å²) in [4.78, 5) is 35.4. The van der Waals surface area contributed by atoms with Gasteiger partial charge in [0.05, 0.1) is 17.3 Å². The molecule has 0 fully saturated rings. The Labute approximate surface area is 193 Å². The van der Waals surface area contributed by atoms with Crippen LogP contribution in [0, 0.1) is 18.3 Å². The third-order valence-corrected chi connectivity index (χ3v) is 5.22. The van der Waals surface area contributed by atoms with Crippen molar-refractivity contribution in [1.29, 1.82) is 5.26 Å². The van der Waals surface area contributed by atoms with Gasteiger partial charge in [-0.3, -0.25) is 20.3 Å². The monoisotopic (exact) mass is 472 g/mol. The molecular weight excluding hydrogens is 452 g/mol. The quantitative estimate of drug-likeness (QED) is 0.427. The number of halogens is 1. The van der Waals surface area contributed by atoms with E-state index in [1.54, 1.807) is 26.0 Å². The summed E-state index contributed by atoms with van der Waals surface area (Å²) in [6.45, 7) is 5.36. The number of rotatable bonds is 6. The molecule has 11 nitrogen and oxygen atoms in total. The van der Waals surface area contributed by atoms with Crippen molar-refractivity contribution < 1.29 is 19.1 Å². The summed E-state index contributed by atoms with van der Waals surface area (Å²) in [7, 11) is 0. The molecule has 1 aromatic carbocycles. The zero-order valence-corrected chi connectivity index (χ0v) is 18.9. The SMILES string of the molecule is CCOC(=O)NC(=O)/C(C#N)=N/Nc1cc(C)c(Oc2n[nH]c(=O)c3c2CC[C@H]3C)c(Cl)c1. The van der Waals surface area contributed by atoms with Crippen LogP contribution in [-0.2, 0) is 16.0 Å². The van der Waals surface area contributed by atoms with E-state index in [0.717, 1.165) is 12.0 Å². The van der Waals surface area contributed by atoms with Crippen LogP contribution in [0.4, 0.5) is 10.5 Å². The molecule has 0 saturated carbocycles. The summed E-state index contributed by atoms with van der Waals surface area (Å²) < 4.78 is 10.5. The molecule has 2 amide bonds. The van der Waals surface area contributed by atoms with Crippen LogP contribution in [0.15, 0.2) is 22.0 Å². The first kappa shape index (κ1) is 23.7. The van der Waals surface area contributed by atoms with Crippen molar-refractivity contribution >= 4 is 35.0 Å². The average molecular weight is 473 g/mol. The molecule has 172 valence electrons. The average Bonchev–Trinajstić information content (AvgIpc) is 3.15. The molecule has 0 saturated heterocycles. The van der Waals surface area contributed by atoms with E-state index in [4.69, 9.17) is 21.6 Å². The van der Waals surface area contributed by atoms with Crippen molar-refractivity contribution in [3.8, 4) is 17.7 Å². The number of aromatic amines is 1. The molecule has 12 heteroatoms. The van der Waals surface area contributed by atoms with Gasteiger partial charge in [-0.2, -0.15) is 10.4 Å². The van der Waals surface area contributed by atoms with E-state index < -0.39 is 17.7 Å². The molecule has 1 heterocycles. The van der Waals surface area contributed by atoms with Gasteiger partial charge in [0, 0.05) is 11.1 Å². The highest BCUT2D eigenvalue weighted by Crippen LogP contribution is 2.39. The molecule has 0 unspecified atom stereocenters. The van der Waals surface area contributed by atoms with Crippen LogP contribution in [0.5, 0.6) is 11.6 Å². The van der Waals surface area contributed by atoms with E-state index in [1.165, 1.54) is 6.07 Å². The van der Waals surface area contributed by atoms with Crippen LogP contribution in [-0.4, -0.2) is 34.5 Å². The molecule has 1 atom stereocenters. The number of aryl methyl sites for hydroxylation is 1. The minimum absolute atomic E-state index is 0.0685. The number of H-pyrrole nitrogens is 1. The lowest BCUT2D eigenvalue weighted by atomic mass is 10.1. The Morgan fingerprint density at radius 2 is 2.18 bits per heavy atom. The molecule has 33 heavy (non-hydrogen) atoms. The van der Waals surface area contributed by atoms with Crippen molar-refractivity contribution in [3.63, 3.8) is 0 Å². The molecule has 2 aromatic rings. The highest BCUT2D eigenvalue weighted by atomic mass is 35.5. The Balaban J connectivity index is 1.79. The summed E-state index contributed by atoms with van der Waals surface area (Å²) in [5.41, 5.74) is 4.18. The molecule has 3 rings (SSSR count). The summed E-state index contributed by atoms with van der Waals surface area (Å²) in [6.07, 6.45) is 0.528. The minimum atomic E-state index is -1.02. The third-order valence-electron chi connectivity index (χ3n) is 4.94. The Kier molecular flexibility index (Phi) is 7.30. The number of imide groups is 1. The fraction of sp³-hybridized carbons (Fsp3) is 0.333. The molecule has 0 spiro atoms. The van der Waals surface area contributed by atoms with E-state index in [-0.39, 0.29) is 23.1 Å². The number of hydrogen-bond donors (Lipinski definition) is 3. The van der Waals surface area contributed by atoms with Crippen LogP contribution in [0.25, 0.3) is 0 Å². The van der Waals surface area contributed by atoms with Crippen molar-refractivity contribution in [2.75, 3.05) is 12.0 Å². The third kappa shape index (κ3) is 5.30. The Morgan fingerprint density at radius 1 is 1.42 bits per heavy atom. The molecule has 3 N–H and O–H groups in total. The first-order valence-electron chi connectivity index (χ1n) is 10.1. The van der Waals surface area contributed by atoms with E-state index in [9.17, 15) is 14.4 Å². The number of nitriles is 1. The van der Waals surface area contributed by atoms with Gasteiger partial charge in [0.25, 0.3) is 11.5 Å². The maximum Gasteiger partial charge on any atom is 0.414 e. The lowest BCUT2D eigenvalue weighted by Crippen LogP contribution is -2.36.